The van der Waals surface area contributed by atoms with Crippen LogP contribution in [0.5, 0.6) is 0 Å². The molecule has 2 aromatic rings. The molecule has 1 atom stereocenters. The van der Waals surface area contributed by atoms with Gasteiger partial charge in [0.2, 0.25) is 0 Å². The Labute approximate surface area is 148 Å². The van der Waals surface area contributed by atoms with E-state index in [-0.39, 0.29) is 0 Å². The van der Waals surface area contributed by atoms with Crippen LogP contribution in [0, 0.1) is 0 Å². The fourth-order valence-corrected chi connectivity index (χ4v) is 4.28. The lowest BCUT2D eigenvalue weighted by atomic mass is 9.96. The fourth-order valence-electron chi connectivity index (χ4n) is 2.98. The van der Waals surface area contributed by atoms with Gasteiger partial charge in [-0.3, -0.25) is 0 Å². The van der Waals surface area contributed by atoms with Crippen LogP contribution >= 0.6 is 0 Å². The summed E-state index contributed by atoms with van der Waals surface area (Å²) in [7, 11) is -1.31. The van der Waals surface area contributed by atoms with Crippen molar-refractivity contribution in [2.24, 2.45) is 0 Å². The topological polar surface area (TPSA) is 12.0 Å². The van der Waals surface area contributed by atoms with Crippen LogP contribution in [-0.4, -0.2) is 14.1 Å². The first-order valence-corrected chi connectivity index (χ1v) is 12.6. The highest BCUT2D eigenvalue weighted by molar-refractivity contribution is 6.81. The summed E-state index contributed by atoms with van der Waals surface area (Å²) >= 11 is 0. The Morgan fingerprint density at radius 2 is 1.54 bits per heavy atom. The van der Waals surface area contributed by atoms with Gasteiger partial charge in [0.05, 0.1) is 8.07 Å². The van der Waals surface area contributed by atoms with Crippen molar-refractivity contribution in [1.82, 2.24) is 5.32 Å². The van der Waals surface area contributed by atoms with Crippen molar-refractivity contribution in [2.75, 3.05) is 0 Å². The molecule has 2 aromatic carbocycles. The summed E-state index contributed by atoms with van der Waals surface area (Å²) in [6.07, 6.45) is 2.35. The second-order valence-electron chi connectivity index (χ2n) is 7.54. The molecule has 0 radical (unpaired) electrons. The Balaban J connectivity index is 2.27. The Morgan fingerprint density at radius 3 is 2.08 bits per heavy atom. The van der Waals surface area contributed by atoms with Gasteiger partial charge in [-0.1, -0.05) is 99.3 Å². The molecule has 0 aliphatic rings. The van der Waals surface area contributed by atoms with E-state index in [2.05, 4.69) is 98.2 Å². The van der Waals surface area contributed by atoms with Crippen LogP contribution in [0.3, 0.4) is 0 Å². The van der Waals surface area contributed by atoms with Crippen molar-refractivity contribution in [3.05, 3.63) is 77.5 Å². The first-order chi connectivity index (χ1) is 11.5. The van der Waals surface area contributed by atoms with E-state index in [9.17, 15) is 0 Å². The molecule has 128 valence electrons. The second-order valence-corrected chi connectivity index (χ2v) is 12.6. The van der Waals surface area contributed by atoms with Crippen LogP contribution in [0.1, 0.15) is 30.9 Å². The molecule has 0 heterocycles. The maximum Gasteiger partial charge on any atom is 0.0691 e. The van der Waals surface area contributed by atoms with Crippen LogP contribution in [0.25, 0.3) is 5.57 Å². The molecule has 24 heavy (non-hydrogen) atoms. The number of benzene rings is 2. The van der Waals surface area contributed by atoms with Gasteiger partial charge in [0.15, 0.2) is 0 Å². The summed E-state index contributed by atoms with van der Waals surface area (Å²) in [5, 5.41) is 3.81. The Kier molecular flexibility index (Phi) is 7.01. The van der Waals surface area contributed by atoms with Gasteiger partial charge in [-0.2, -0.15) is 0 Å². The molecule has 1 N–H and O–H groups in total. The van der Waals surface area contributed by atoms with Crippen LogP contribution in [-0.2, 0) is 6.54 Å². The first kappa shape index (κ1) is 18.7. The Bertz CT molecular complexity index is 626. The summed E-state index contributed by atoms with van der Waals surface area (Å²) in [6.45, 7) is 10.4. The average molecular weight is 338 g/mol. The molecule has 0 amide bonds. The van der Waals surface area contributed by atoms with E-state index in [4.69, 9.17) is 0 Å². The van der Waals surface area contributed by atoms with E-state index in [1.54, 1.807) is 0 Å². The normalized spacial score (nSPS) is 13.8. The quantitative estimate of drug-likeness (QED) is 0.591. The maximum atomic E-state index is 3.81. The van der Waals surface area contributed by atoms with E-state index in [0.29, 0.717) is 6.04 Å². The van der Waals surface area contributed by atoms with Gasteiger partial charge in [-0.25, -0.2) is 0 Å². The second kappa shape index (κ2) is 9.00. The largest absolute Gasteiger partial charge is 0.306 e. The van der Waals surface area contributed by atoms with E-state index in [0.717, 1.165) is 13.0 Å². The molecular formula is C22H31NSi. The lowest BCUT2D eigenvalue weighted by molar-refractivity contribution is 0.561. The standard InChI is InChI=1S/C22H31NSi/c1-5-12-22(23-17-19-13-8-6-9-14-19)21(18-24(2,3)4)20-15-10-7-11-16-20/h6-11,13-16,18,22-23H,5,12,17H2,1-4H3/b21-18+. The van der Waals surface area contributed by atoms with Gasteiger partial charge >= 0.3 is 0 Å². The first-order valence-electron chi connectivity index (χ1n) is 9.05. The molecule has 0 aliphatic carbocycles. The van der Waals surface area contributed by atoms with Gasteiger partial charge < -0.3 is 5.32 Å². The van der Waals surface area contributed by atoms with Crippen molar-refractivity contribution in [3.8, 4) is 0 Å². The lowest BCUT2D eigenvalue weighted by Gasteiger charge is -2.25. The molecule has 2 heteroatoms. The smallest absolute Gasteiger partial charge is 0.0691 e. The lowest BCUT2D eigenvalue weighted by Crippen LogP contribution is -2.31. The summed E-state index contributed by atoms with van der Waals surface area (Å²) in [4.78, 5) is 0. The van der Waals surface area contributed by atoms with Gasteiger partial charge in [0, 0.05) is 12.6 Å². The van der Waals surface area contributed by atoms with E-state index < -0.39 is 8.07 Å². The molecule has 0 spiro atoms. The molecule has 2 rings (SSSR count). The van der Waals surface area contributed by atoms with Crippen LogP contribution < -0.4 is 5.32 Å². The molecule has 0 bridgehead atoms. The van der Waals surface area contributed by atoms with E-state index >= 15 is 0 Å². The van der Waals surface area contributed by atoms with Crippen LogP contribution in [0.4, 0.5) is 0 Å². The zero-order chi connectivity index (χ0) is 17.4. The molecule has 0 saturated carbocycles. The maximum absolute atomic E-state index is 3.81. The monoisotopic (exact) mass is 337 g/mol. The highest BCUT2D eigenvalue weighted by atomic mass is 28.3. The van der Waals surface area contributed by atoms with E-state index in [1.165, 1.54) is 23.1 Å². The minimum absolute atomic E-state index is 0.407. The molecule has 0 fully saturated rings. The van der Waals surface area contributed by atoms with Crippen molar-refractivity contribution in [3.63, 3.8) is 0 Å². The highest BCUT2D eigenvalue weighted by Gasteiger charge is 2.19. The van der Waals surface area contributed by atoms with Gasteiger partial charge in [-0.05, 0) is 23.1 Å². The van der Waals surface area contributed by atoms with Crippen LogP contribution in [0.2, 0.25) is 19.6 Å². The molecule has 0 aliphatic heterocycles. The summed E-state index contributed by atoms with van der Waals surface area (Å²) in [5.74, 6) is 0. The van der Waals surface area contributed by atoms with Crippen LogP contribution in [0.15, 0.2) is 66.4 Å². The van der Waals surface area contributed by atoms with Gasteiger partial charge in [-0.15, -0.1) is 0 Å². The van der Waals surface area contributed by atoms with Gasteiger partial charge in [0.25, 0.3) is 0 Å². The number of rotatable bonds is 8. The average Bonchev–Trinajstić information content (AvgIpc) is 2.57. The van der Waals surface area contributed by atoms with E-state index in [1.807, 2.05) is 0 Å². The Hall–Kier alpha value is -1.64. The fraction of sp³-hybridized carbons (Fsp3) is 0.364. The molecule has 1 unspecified atom stereocenters. The highest BCUT2D eigenvalue weighted by Crippen LogP contribution is 2.24. The molecular weight excluding hydrogens is 306 g/mol. The SMILES string of the molecule is CCCC(NCc1ccccc1)/C(=C/[Si](C)(C)C)c1ccccc1. The number of nitrogens with one attached hydrogen (secondary N) is 1. The predicted octanol–water partition coefficient (Wildman–Crippen LogP) is 5.91. The minimum atomic E-state index is -1.31. The van der Waals surface area contributed by atoms with Gasteiger partial charge in [0.1, 0.15) is 0 Å². The van der Waals surface area contributed by atoms with Crippen molar-refractivity contribution in [1.29, 1.82) is 0 Å². The zero-order valence-electron chi connectivity index (χ0n) is 15.5. The summed E-state index contributed by atoms with van der Waals surface area (Å²) < 4.78 is 0. The number of hydrogen-bond acceptors (Lipinski definition) is 1. The van der Waals surface area contributed by atoms with Crippen molar-refractivity contribution < 1.29 is 0 Å². The van der Waals surface area contributed by atoms with Crippen molar-refractivity contribution >= 4 is 13.6 Å². The molecule has 0 aromatic heterocycles. The summed E-state index contributed by atoms with van der Waals surface area (Å²) in [5.41, 5.74) is 6.76. The van der Waals surface area contributed by atoms with Crippen molar-refractivity contribution in [2.45, 2.75) is 52.0 Å². The molecule has 1 nitrogen and oxygen atoms in total. The molecule has 0 saturated heterocycles. The summed E-state index contributed by atoms with van der Waals surface area (Å²) in [6, 6.07) is 22.0. The third kappa shape index (κ3) is 6.10. The zero-order valence-corrected chi connectivity index (χ0v) is 16.5. The predicted molar refractivity (Wildman–Crippen MR) is 110 cm³/mol. The third-order valence-electron chi connectivity index (χ3n) is 4.04. The number of hydrogen-bond donors (Lipinski definition) is 1. The minimum Gasteiger partial charge on any atom is -0.306 e. The Morgan fingerprint density at radius 1 is 0.958 bits per heavy atom. The third-order valence-corrected chi connectivity index (χ3v) is 5.22.